The van der Waals surface area contributed by atoms with Crippen molar-refractivity contribution in [3.05, 3.63) is 0 Å². The first-order valence-corrected chi connectivity index (χ1v) is 18.3. The monoisotopic (exact) mass is 476 g/mol. The number of carbonyl (C=O) groups is 2. The first-order chi connectivity index (χ1) is 14.0. The average molecular weight is 477 g/mol. The summed E-state index contributed by atoms with van der Waals surface area (Å²) in [6.45, 7) is 21.6. The van der Waals surface area contributed by atoms with E-state index >= 15 is 0 Å². The lowest BCUT2D eigenvalue weighted by Crippen LogP contribution is -2.38. The maximum atomic E-state index is 12.8. The molecule has 0 amide bonds. The first-order valence-electron chi connectivity index (χ1n) is 11.5. The minimum absolute atomic E-state index is 0.0934. The Kier molecular flexibility index (Phi) is 12.2. The third kappa shape index (κ3) is 12.8. The van der Waals surface area contributed by atoms with Crippen molar-refractivity contribution in [2.45, 2.75) is 105 Å². The lowest BCUT2D eigenvalue weighted by atomic mass is 9.72. The van der Waals surface area contributed by atoms with E-state index in [1.54, 1.807) is 13.8 Å². The predicted octanol–water partition coefficient (Wildman–Crippen LogP) is 5.78. The second-order valence-electron chi connectivity index (χ2n) is 11.4. The van der Waals surface area contributed by atoms with Crippen LogP contribution in [0.1, 0.15) is 59.8 Å². The van der Waals surface area contributed by atoms with Crippen LogP contribution in [0, 0.1) is 10.8 Å². The predicted molar refractivity (Wildman–Crippen MR) is 131 cm³/mol. The Labute approximate surface area is 193 Å². The van der Waals surface area contributed by atoms with Gasteiger partial charge in [0.15, 0.2) is 16.6 Å². The van der Waals surface area contributed by atoms with Gasteiger partial charge >= 0.3 is 11.9 Å². The minimum atomic E-state index is -1.66. The Morgan fingerprint density at radius 1 is 0.903 bits per heavy atom. The molecular weight excluding hydrogens is 428 g/mol. The van der Waals surface area contributed by atoms with Crippen LogP contribution in [0.15, 0.2) is 0 Å². The molecule has 31 heavy (non-hydrogen) atoms. The molecule has 0 N–H and O–H groups in total. The van der Waals surface area contributed by atoms with Crippen LogP contribution in [0.25, 0.3) is 0 Å². The van der Waals surface area contributed by atoms with Crippen LogP contribution < -0.4 is 0 Å². The Morgan fingerprint density at radius 3 is 1.94 bits per heavy atom. The molecular formula is C23H48O6Si2. The zero-order chi connectivity index (χ0) is 24.5. The van der Waals surface area contributed by atoms with Crippen LogP contribution in [0.5, 0.6) is 0 Å². The molecule has 0 rings (SSSR count). The molecule has 0 saturated carbocycles. The molecule has 0 aromatic rings. The molecule has 2 unspecified atom stereocenters. The van der Waals surface area contributed by atoms with Gasteiger partial charge in [-0.2, -0.15) is 0 Å². The number of carbonyl (C=O) groups excluding carboxylic acids is 2. The first kappa shape index (κ1) is 30.3. The standard InChI is InChI=1S/C23H48O6Si2/c1-12-23(4,18-22(2,3)20(24)26-5)21(25)27-16-14-13-15-19(29-31(9,10)11)17-28-30(6,7)8/h19H,12-18H2,1-11H3. The normalized spacial score (nSPS) is 15.8. The fourth-order valence-corrected chi connectivity index (χ4v) is 5.37. The SMILES string of the molecule is CCC(C)(CC(C)(C)C(=O)OC)C(=O)OCCCCC(CO[Si](C)(C)C)O[Si](C)(C)C. The molecule has 6 nitrogen and oxygen atoms in total. The van der Waals surface area contributed by atoms with E-state index in [9.17, 15) is 9.59 Å². The van der Waals surface area contributed by atoms with Gasteiger partial charge in [-0.3, -0.25) is 9.59 Å². The largest absolute Gasteiger partial charge is 0.469 e. The van der Waals surface area contributed by atoms with Gasteiger partial charge in [0.25, 0.3) is 0 Å². The van der Waals surface area contributed by atoms with Crippen LogP contribution in [0.4, 0.5) is 0 Å². The van der Waals surface area contributed by atoms with Crippen molar-refractivity contribution in [1.82, 2.24) is 0 Å². The molecule has 184 valence electrons. The zero-order valence-electron chi connectivity index (χ0n) is 22.0. The Bertz CT molecular complexity index is 565. The van der Waals surface area contributed by atoms with Crippen LogP contribution in [0.3, 0.4) is 0 Å². The molecule has 0 aliphatic rings. The number of unbranched alkanes of at least 4 members (excludes halogenated alkanes) is 1. The van der Waals surface area contributed by atoms with Crippen molar-refractivity contribution < 1.29 is 27.9 Å². The summed E-state index contributed by atoms with van der Waals surface area (Å²) >= 11 is 0. The fourth-order valence-electron chi connectivity index (χ4n) is 3.50. The van der Waals surface area contributed by atoms with Crippen LogP contribution in [-0.4, -0.2) is 55.0 Å². The average Bonchev–Trinajstić information content (AvgIpc) is 2.62. The van der Waals surface area contributed by atoms with Gasteiger partial charge in [-0.1, -0.05) is 6.92 Å². The molecule has 0 saturated heterocycles. The number of rotatable bonds is 15. The van der Waals surface area contributed by atoms with Gasteiger partial charge in [-0.05, 0) is 92.2 Å². The highest BCUT2D eigenvalue weighted by molar-refractivity contribution is 6.70. The number of methoxy groups -OCH3 is 1. The van der Waals surface area contributed by atoms with Gasteiger partial charge in [0.1, 0.15) is 0 Å². The molecule has 0 radical (unpaired) electrons. The summed E-state index contributed by atoms with van der Waals surface area (Å²) in [5.41, 5.74) is -1.46. The Morgan fingerprint density at radius 2 is 1.48 bits per heavy atom. The summed E-state index contributed by atoms with van der Waals surface area (Å²) in [5, 5.41) is 0. The smallest absolute Gasteiger partial charge is 0.311 e. The topological polar surface area (TPSA) is 71.1 Å². The summed E-state index contributed by atoms with van der Waals surface area (Å²) in [6.07, 6.45) is 3.68. The highest BCUT2D eigenvalue weighted by Gasteiger charge is 2.42. The molecule has 0 heterocycles. The molecule has 0 bridgehead atoms. The van der Waals surface area contributed by atoms with E-state index in [-0.39, 0.29) is 18.0 Å². The van der Waals surface area contributed by atoms with Crippen molar-refractivity contribution in [2.24, 2.45) is 10.8 Å². The van der Waals surface area contributed by atoms with E-state index in [4.69, 9.17) is 18.3 Å². The maximum absolute atomic E-state index is 12.8. The van der Waals surface area contributed by atoms with Crippen molar-refractivity contribution in [2.75, 3.05) is 20.3 Å². The van der Waals surface area contributed by atoms with Gasteiger partial charge in [0.05, 0.1) is 37.3 Å². The number of ether oxygens (including phenoxy) is 2. The van der Waals surface area contributed by atoms with Crippen molar-refractivity contribution >= 4 is 28.6 Å². The summed E-state index contributed by atoms with van der Waals surface area (Å²) < 4.78 is 22.9. The number of hydrogen-bond acceptors (Lipinski definition) is 6. The van der Waals surface area contributed by atoms with Gasteiger partial charge < -0.3 is 18.3 Å². The second-order valence-corrected chi connectivity index (χ2v) is 20.3. The van der Waals surface area contributed by atoms with Gasteiger partial charge in [0, 0.05) is 0 Å². The van der Waals surface area contributed by atoms with E-state index < -0.39 is 27.5 Å². The summed E-state index contributed by atoms with van der Waals surface area (Å²) in [4.78, 5) is 24.8. The maximum Gasteiger partial charge on any atom is 0.311 e. The number of hydrogen-bond donors (Lipinski definition) is 0. The van der Waals surface area contributed by atoms with Crippen LogP contribution >= 0.6 is 0 Å². The molecule has 0 fully saturated rings. The Balaban J connectivity index is 4.65. The quantitative estimate of drug-likeness (QED) is 0.169. The van der Waals surface area contributed by atoms with E-state index in [0.29, 0.717) is 26.1 Å². The van der Waals surface area contributed by atoms with Crippen LogP contribution in [0.2, 0.25) is 39.3 Å². The molecule has 0 aliphatic heterocycles. The summed E-state index contributed by atoms with van der Waals surface area (Å²) in [7, 11) is -1.87. The molecule has 8 heteroatoms. The molecule has 0 aliphatic carbocycles. The Hall–Kier alpha value is -0.706. The highest BCUT2D eigenvalue weighted by atomic mass is 28.4. The molecule has 0 spiro atoms. The molecule has 0 aromatic heterocycles. The van der Waals surface area contributed by atoms with E-state index in [1.807, 2.05) is 13.8 Å². The van der Waals surface area contributed by atoms with Gasteiger partial charge in [0.2, 0.25) is 0 Å². The lowest BCUT2D eigenvalue weighted by Gasteiger charge is -2.33. The molecule has 2 atom stereocenters. The lowest BCUT2D eigenvalue weighted by molar-refractivity contribution is -0.161. The summed E-state index contributed by atoms with van der Waals surface area (Å²) in [6, 6.07) is 0. The molecule has 0 aromatic carbocycles. The van der Waals surface area contributed by atoms with Crippen molar-refractivity contribution in [3.63, 3.8) is 0 Å². The highest BCUT2D eigenvalue weighted by Crippen LogP contribution is 2.38. The van der Waals surface area contributed by atoms with Gasteiger partial charge in [-0.25, -0.2) is 0 Å². The van der Waals surface area contributed by atoms with Crippen LogP contribution in [-0.2, 0) is 27.9 Å². The third-order valence-corrected chi connectivity index (χ3v) is 7.29. The fraction of sp³-hybridized carbons (Fsp3) is 0.913. The van der Waals surface area contributed by atoms with Crippen molar-refractivity contribution in [1.29, 1.82) is 0 Å². The second kappa shape index (κ2) is 12.5. The third-order valence-electron chi connectivity index (χ3n) is 5.22. The zero-order valence-corrected chi connectivity index (χ0v) is 24.0. The van der Waals surface area contributed by atoms with E-state index in [2.05, 4.69) is 39.3 Å². The minimum Gasteiger partial charge on any atom is -0.469 e. The summed E-state index contributed by atoms with van der Waals surface area (Å²) in [5.74, 6) is -0.558. The van der Waals surface area contributed by atoms with Crippen molar-refractivity contribution in [3.8, 4) is 0 Å². The van der Waals surface area contributed by atoms with Gasteiger partial charge in [-0.15, -0.1) is 0 Å². The van der Waals surface area contributed by atoms with E-state index in [1.165, 1.54) is 7.11 Å². The number of esters is 2. The van der Waals surface area contributed by atoms with E-state index in [0.717, 1.165) is 19.3 Å².